The lowest BCUT2D eigenvalue weighted by Crippen LogP contribution is -2.50. The van der Waals surface area contributed by atoms with E-state index in [1.165, 1.54) is 0 Å². The summed E-state index contributed by atoms with van der Waals surface area (Å²) in [5.41, 5.74) is 0.616. The number of amides is 1. The van der Waals surface area contributed by atoms with E-state index in [2.05, 4.69) is 4.90 Å². The number of ether oxygens (including phenoxy) is 3. The van der Waals surface area contributed by atoms with Crippen molar-refractivity contribution < 1.29 is 23.8 Å². The van der Waals surface area contributed by atoms with Crippen molar-refractivity contribution in [3.63, 3.8) is 0 Å². The topological polar surface area (TPSA) is 68.3 Å². The molecule has 0 aromatic heterocycles. The van der Waals surface area contributed by atoms with E-state index >= 15 is 0 Å². The fourth-order valence-electron chi connectivity index (χ4n) is 3.45. The van der Waals surface area contributed by atoms with Gasteiger partial charge in [0.15, 0.2) is 17.3 Å². The third kappa shape index (κ3) is 4.86. The second-order valence-corrected chi connectivity index (χ2v) is 7.06. The Hall–Kier alpha value is -3.06. The van der Waals surface area contributed by atoms with E-state index in [0.29, 0.717) is 62.8 Å². The first-order chi connectivity index (χ1) is 14.2. The number of hydrogen-bond acceptors (Lipinski definition) is 6. The zero-order valence-electron chi connectivity index (χ0n) is 16.2. The Labute approximate surface area is 169 Å². The minimum absolute atomic E-state index is 0.0411. The highest BCUT2D eigenvalue weighted by Crippen LogP contribution is 2.32. The Bertz CT molecular complexity index is 863. The number of ketones is 1. The summed E-state index contributed by atoms with van der Waals surface area (Å²) in [4.78, 5) is 28.9. The molecule has 7 nitrogen and oxygen atoms in total. The van der Waals surface area contributed by atoms with E-state index in [9.17, 15) is 9.59 Å². The normalized spacial score (nSPS) is 15.9. The number of para-hydroxylation sites is 1. The van der Waals surface area contributed by atoms with Crippen LogP contribution in [0.1, 0.15) is 16.8 Å². The number of carbonyl (C=O) groups excluding carboxylic acids is 2. The maximum absolute atomic E-state index is 12.6. The number of nitrogens with zero attached hydrogens (tertiary/aromatic N) is 2. The second-order valence-electron chi connectivity index (χ2n) is 7.06. The number of benzene rings is 2. The summed E-state index contributed by atoms with van der Waals surface area (Å²) in [7, 11) is 0. The van der Waals surface area contributed by atoms with Crippen molar-refractivity contribution in [2.24, 2.45) is 0 Å². The van der Waals surface area contributed by atoms with Gasteiger partial charge in [0.05, 0.1) is 19.6 Å². The van der Waals surface area contributed by atoms with Gasteiger partial charge < -0.3 is 19.1 Å². The number of piperazine rings is 1. The molecule has 0 unspecified atom stereocenters. The second kappa shape index (κ2) is 8.96. The van der Waals surface area contributed by atoms with Crippen LogP contribution in [0.3, 0.4) is 0 Å². The zero-order chi connectivity index (χ0) is 20.1. The quantitative estimate of drug-likeness (QED) is 0.669. The van der Waals surface area contributed by atoms with Gasteiger partial charge in [-0.15, -0.1) is 0 Å². The number of carbonyl (C=O) groups is 2. The highest BCUT2D eigenvalue weighted by atomic mass is 16.7. The average molecular weight is 396 g/mol. The molecular formula is C22H24N2O5. The Kier molecular flexibility index (Phi) is 5.95. The van der Waals surface area contributed by atoms with E-state index in [4.69, 9.17) is 14.2 Å². The van der Waals surface area contributed by atoms with Crippen molar-refractivity contribution in [3.05, 3.63) is 54.1 Å². The molecule has 0 atom stereocenters. The first kappa shape index (κ1) is 19.3. The Morgan fingerprint density at radius 3 is 2.48 bits per heavy atom. The number of rotatable bonds is 7. The molecule has 1 fully saturated rings. The van der Waals surface area contributed by atoms with Crippen molar-refractivity contribution in [3.8, 4) is 17.2 Å². The molecule has 7 heteroatoms. The van der Waals surface area contributed by atoms with E-state index in [1.807, 2.05) is 35.2 Å². The molecule has 2 aromatic rings. The van der Waals surface area contributed by atoms with Crippen LogP contribution in [0.25, 0.3) is 0 Å². The summed E-state index contributed by atoms with van der Waals surface area (Å²) < 4.78 is 16.2. The lowest BCUT2D eigenvalue weighted by atomic mass is 10.1. The molecule has 4 rings (SSSR count). The predicted molar refractivity (Wildman–Crippen MR) is 106 cm³/mol. The minimum Gasteiger partial charge on any atom is -0.493 e. The summed E-state index contributed by atoms with van der Waals surface area (Å²) in [5.74, 6) is 2.18. The van der Waals surface area contributed by atoms with Gasteiger partial charge in [-0.3, -0.25) is 14.5 Å². The van der Waals surface area contributed by atoms with E-state index < -0.39 is 0 Å². The number of Topliss-reactive ketones (excluding diaryl/α,β-unsaturated/α-hetero) is 1. The summed E-state index contributed by atoms with van der Waals surface area (Å²) in [6.07, 6.45) is 0.352. The molecule has 0 spiro atoms. The van der Waals surface area contributed by atoms with Gasteiger partial charge in [-0.05, 0) is 30.3 Å². The highest BCUT2D eigenvalue weighted by Gasteiger charge is 2.23. The lowest BCUT2D eigenvalue weighted by Gasteiger charge is -2.34. The number of fused-ring (bicyclic) bond motifs is 1. The molecule has 29 heavy (non-hydrogen) atoms. The molecule has 152 valence electrons. The molecule has 2 aromatic carbocycles. The Morgan fingerprint density at radius 2 is 1.69 bits per heavy atom. The fourth-order valence-corrected chi connectivity index (χ4v) is 3.45. The molecule has 0 saturated carbocycles. The van der Waals surface area contributed by atoms with Crippen LogP contribution in [-0.2, 0) is 4.79 Å². The van der Waals surface area contributed by atoms with Crippen LogP contribution in [0.5, 0.6) is 17.2 Å². The molecular weight excluding hydrogens is 372 g/mol. The van der Waals surface area contributed by atoms with Crippen molar-refractivity contribution in [1.82, 2.24) is 9.80 Å². The first-order valence-corrected chi connectivity index (χ1v) is 9.80. The lowest BCUT2D eigenvalue weighted by molar-refractivity contribution is -0.133. The van der Waals surface area contributed by atoms with Crippen molar-refractivity contribution >= 4 is 11.7 Å². The predicted octanol–water partition coefficient (Wildman–Crippen LogP) is 2.21. The molecule has 1 amide bonds. The molecule has 0 aliphatic carbocycles. The molecule has 2 aliphatic rings. The SMILES string of the molecule is O=C(CN1CCN(C(=O)CCOc2ccccc2)CC1)c1ccc2c(c1)OCO2. The van der Waals surface area contributed by atoms with E-state index in [-0.39, 0.29) is 18.5 Å². The van der Waals surface area contributed by atoms with Crippen LogP contribution in [0.15, 0.2) is 48.5 Å². The Balaban J connectivity index is 1.20. The van der Waals surface area contributed by atoms with E-state index in [0.717, 1.165) is 5.75 Å². The van der Waals surface area contributed by atoms with Crippen molar-refractivity contribution in [1.29, 1.82) is 0 Å². The van der Waals surface area contributed by atoms with Gasteiger partial charge in [-0.1, -0.05) is 18.2 Å². The largest absolute Gasteiger partial charge is 0.493 e. The van der Waals surface area contributed by atoms with E-state index in [1.54, 1.807) is 18.2 Å². The molecule has 1 saturated heterocycles. The maximum Gasteiger partial charge on any atom is 0.231 e. The molecule has 0 radical (unpaired) electrons. The van der Waals surface area contributed by atoms with Gasteiger partial charge in [0.2, 0.25) is 12.7 Å². The van der Waals surface area contributed by atoms with Crippen LogP contribution >= 0.6 is 0 Å². The third-order valence-electron chi connectivity index (χ3n) is 5.11. The minimum atomic E-state index is 0.0411. The fraction of sp³-hybridized carbons (Fsp3) is 0.364. The van der Waals surface area contributed by atoms with Gasteiger partial charge >= 0.3 is 0 Å². The van der Waals surface area contributed by atoms with Gasteiger partial charge in [-0.25, -0.2) is 0 Å². The maximum atomic E-state index is 12.6. The summed E-state index contributed by atoms with van der Waals surface area (Å²) in [6, 6.07) is 14.8. The number of hydrogen-bond donors (Lipinski definition) is 0. The standard InChI is InChI=1S/C22H24N2O5/c25-19(17-6-7-20-21(14-17)29-16-28-20)15-23-9-11-24(12-10-23)22(26)8-13-27-18-4-2-1-3-5-18/h1-7,14H,8-13,15-16H2. The van der Waals surface area contributed by atoms with Crippen molar-refractivity contribution in [2.75, 3.05) is 46.1 Å². The van der Waals surface area contributed by atoms with Crippen LogP contribution in [0.4, 0.5) is 0 Å². The highest BCUT2D eigenvalue weighted by molar-refractivity contribution is 5.98. The van der Waals surface area contributed by atoms with Crippen LogP contribution in [0.2, 0.25) is 0 Å². The van der Waals surface area contributed by atoms with Gasteiger partial charge in [0, 0.05) is 31.7 Å². The summed E-state index contributed by atoms with van der Waals surface area (Å²) >= 11 is 0. The Morgan fingerprint density at radius 1 is 0.931 bits per heavy atom. The monoisotopic (exact) mass is 396 g/mol. The third-order valence-corrected chi connectivity index (χ3v) is 5.11. The van der Waals surface area contributed by atoms with Crippen LogP contribution in [-0.4, -0.2) is 67.6 Å². The van der Waals surface area contributed by atoms with Crippen LogP contribution in [0, 0.1) is 0 Å². The molecule has 2 aliphatic heterocycles. The molecule has 2 heterocycles. The first-order valence-electron chi connectivity index (χ1n) is 9.80. The smallest absolute Gasteiger partial charge is 0.231 e. The summed E-state index contributed by atoms with van der Waals surface area (Å²) in [6.45, 7) is 3.50. The van der Waals surface area contributed by atoms with Crippen LogP contribution < -0.4 is 14.2 Å². The summed E-state index contributed by atoms with van der Waals surface area (Å²) in [5, 5.41) is 0. The van der Waals surface area contributed by atoms with Gasteiger partial charge in [0.1, 0.15) is 5.75 Å². The van der Waals surface area contributed by atoms with Gasteiger partial charge in [0.25, 0.3) is 0 Å². The molecule has 0 N–H and O–H groups in total. The molecule has 0 bridgehead atoms. The van der Waals surface area contributed by atoms with Gasteiger partial charge in [-0.2, -0.15) is 0 Å². The zero-order valence-corrected chi connectivity index (χ0v) is 16.2. The van der Waals surface area contributed by atoms with Crippen molar-refractivity contribution in [2.45, 2.75) is 6.42 Å². The average Bonchev–Trinajstić information content (AvgIpc) is 3.23.